The minimum Gasteiger partial charge on any atom is -0.438 e. The molecule has 29 heavy (non-hydrogen) atoms. The van der Waals surface area contributed by atoms with Gasteiger partial charge in [-0.25, -0.2) is 13.2 Å². The zero-order chi connectivity index (χ0) is 21.1. The number of carbonyl (C=O) groups excluding carboxylic acids is 1. The molecule has 0 unspecified atom stereocenters. The highest BCUT2D eigenvalue weighted by molar-refractivity contribution is 7.89. The van der Waals surface area contributed by atoms with E-state index in [2.05, 4.69) is 21.3 Å². The van der Waals surface area contributed by atoms with E-state index < -0.39 is 16.2 Å². The number of hydrogen-bond acceptors (Lipinski definition) is 5. The summed E-state index contributed by atoms with van der Waals surface area (Å²) < 4.78 is 36.3. The minimum atomic E-state index is -3.73. The van der Waals surface area contributed by atoms with E-state index in [-0.39, 0.29) is 24.6 Å². The topological polar surface area (TPSA) is 72.9 Å². The van der Waals surface area contributed by atoms with E-state index in [1.54, 1.807) is 30.3 Å². The van der Waals surface area contributed by atoms with Gasteiger partial charge in [0, 0.05) is 6.54 Å². The fraction of sp³-hybridized carbons (Fsp3) is 0.227. The molecule has 0 atom stereocenters. The summed E-state index contributed by atoms with van der Waals surface area (Å²) in [5.41, 5.74) is 1.94. The first kappa shape index (κ1) is 22.2. The molecule has 2 aromatic carbocycles. The molecule has 0 aliphatic carbocycles. The molecule has 0 fully saturated rings. The molecule has 0 aromatic heterocycles. The number of sulfonamides is 1. The molecular formula is C22H23NO5S. The van der Waals surface area contributed by atoms with Crippen molar-refractivity contribution in [2.45, 2.75) is 11.8 Å². The number of rotatable bonds is 7. The number of ether oxygens (including phenoxy) is 2. The van der Waals surface area contributed by atoms with Crippen LogP contribution in [0.3, 0.4) is 0 Å². The van der Waals surface area contributed by atoms with Crippen LogP contribution in [0.15, 0.2) is 65.6 Å². The Bertz CT molecular complexity index is 987. The Balaban J connectivity index is 2.15. The fourth-order valence-corrected chi connectivity index (χ4v) is 3.62. The lowest BCUT2D eigenvalue weighted by atomic mass is 10.2. The van der Waals surface area contributed by atoms with Gasteiger partial charge in [0.2, 0.25) is 10.0 Å². The smallest absolute Gasteiger partial charge is 0.438 e. The van der Waals surface area contributed by atoms with Crippen molar-refractivity contribution in [3.8, 4) is 11.8 Å². The average molecular weight is 413 g/mol. The van der Waals surface area contributed by atoms with Gasteiger partial charge in [-0.3, -0.25) is 0 Å². The molecule has 0 radical (unpaired) electrons. The molecule has 152 valence electrons. The minimum absolute atomic E-state index is 0.0418. The summed E-state index contributed by atoms with van der Waals surface area (Å²) in [6, 6.07) is 16.2. The van der Waals surface area contributed by atoms with Crippen LogP contribution >= 0.6 is 0 Å². The molecule has 0 saturated heterocycles. The maximum atomic E-state index is 13.0. The second-order valence-electron chi connectivity index (χ2n) is 6.02. The number of benzene rings is 2. The van der Waals surface area contributed by atoms with Gasteiger partial charge in [-0.15, -0.1) is 0 Å². The van der Waals surface area contributed by atoms with Crippen molar-refractivity contribution in [3.05, 3.63) is 71.8 Å². The van der Waals surface area contributed by atoms with E-state index in [0.29, 0.717) is 0 Å². The van der Waals surface area contributed by atoms with Crippen LogP contribution in [-0.2, 0) is 19.5 Å². The maximum Gasteiger partial charge on any atom is 0.508 e. The standard InChI is InChI=1S/C22H23NO5S/c1-19-12-14-21(15-13-19)29(25,26)23(16-6-7-18-28-22(24)27-2)17-8-11-20-9-4-3-5-10-20/h3-5,8-15H,16-18H2,1-2H3/b11-8+. The Morgan fingerprint density at radius 2 is 1.76 bits per heavy atom. The van der Waals surface area contributed by atoms with Gasteiger partial charge in [0.05, 0.1) is 18.6 Å². The van der Waals surface area contributed by atoms with Crippen molar-refractivity contribution < 1.29 is 22.7 Å². The summed E-state index contributed by atoms with van der Waals surface area (Å²) >= 11 is 0. The summed E-state index contributed by atoms with van der Waals surface area (Å²) in [6.07, 6.45) is 2.79. The Labute approximate surface area is 171 Å². The monoisotopic (exact) mass is 413 g/mol. The molecule has 0 saturated carbocycles. The number of aryl methyl sites for hydroxylation is 1. The second-order valence-corrected chi connectivity index (χ2v) is 7.96. The molecule has 0 bridgehead atoms. The first-order valence-electron chi connectivity index (χ1n) is 8.88. The van der Waals surface area contributed by atoms with Crippen molar-refractivity contribution in [2.75, 3.05) is 26.8 Å². The molecular weight excluding hydrogens is 390 g/mol. The molecule has 0 amide bonds. The lowest BCUT2D eigenvalue weighted by Gasteiger charge is -2.18. The number of methoxy groups -OCH3 is 1. The Morgan fingerprint density at radius 3 is 2.41 bits per heavy atom. The third-order valence-electron chi connectivity index (χ3n) is 3.89. The zero-order valence-corrected chi connectivity index (χ0v) is 17.2. The lowest BCUT2D eigenvalue weighted by molar-refractivity contribution is 0.0832. The highest BCUT2D eigenvalue weighted by Gasteiger charge is 2.22. The van der Waals surface area contributed by atoms with Crippen molar-refractivity contribution in [3.63, 3.8) is 0 Å². The molecule has 6 nitrogen and oxygen atoms in total. The van der Waals surface area contributed by atoms with E-state index in [4.69, 9.17) is 0 Å². The first-order chi connectivity index (χ1) is 13.9. The summed E-state index contributed by atoms with van der Waals surface area (Å²) in [4.78, 5) is 11.1. The predicted molar refractivity (Wildman–Crippen MR) is 112 cm³/mol. The largest absolute Gasteiger partial charge is 0.508 e. The Morgan fingerprint density at radius 1 is 1.07 bits per heavy atom. The number of carbonyl (C=O) groups is 1. The molecule has 7 heteroatoms. The summed E-state index contributed by atoms with van der Waals surface area (Å²) in [6.45, 7) is 1.83. The van der Waals surface area contributed by atoms with Gasteiger partial charge in [0.15, 0.2) is 6.61 Å². The normalized spacial score (nSPS) is 11.1. The van der Waals surface area contributed by atoms with Crippen molar-refractivity contribution in [1.82, 2.24) is 4.31 Å². The van der Waals surface area contributed by atoms with Crippen molar-refractivity contribution >= 4 is 22.3 Å². The van der Waals surface area contributed by atoms with Gasteiger partial charge in [-0.2, -0.15) is 4.31 Å². The maximum absolute atomic E-state index is 13.0. The molecule has 2 rings (SSSR count). The second kappa shape index (κ2) is 11.1. The van der Waals surface area contributed by atoms with E-state index in [0.717, 1.165) is 11.1 Å². The summed E-state index contributed by atoms with van der Waals surface area (Å²) in [5.74, 6) is 5.35. The fourth-order valence-electron chi connectivity index (χ4n) is 2.33. The van der Waals surface area contributed by atoms with Crippen LogP contribution in [0.2, 0.25) is 0 Å². The number of nitrogens with zero attached hydrogens (tertiary/aromatic N) is 1. The molecule has 0 aliphatic heterocycles. The highest BCUT2D eigenvalue weighted by Crippen LogP contribution is 2.16. The summed E-state index contributed by atoms with van der Waals surface area (Å²) in [7, 11) is -2.53. The highest BCUT2D eigenvalue weighted by atomic mass is 32.2. The van der Waals surface area contributed by atoms with E-state index in [9.17, 15) is 13.2 Å². The predicted octanol–water partition coefficient (Wildman–Crippen LogP) is 3.49. The molecule has 2 aromatic rings. The third-order valence-corrected chi connectivity index (χ3v) is 5.71. The van der Waals surface area contributed by atoms with Gasteiger partial charge in [0.1, 0.15) is 0 Å². The van der Waals surface area contributed by atoms with Gasteiger partial charge in [-0.05, 0) is 24.6 Å². The van der Waals surface area contributed by atoms with Gasteiger partial charge < -0.3 is 9.47 Å². The van der Waals surface area contributed by atoms with E-state index in [1.165, 1.54) is 11.4 Å². The molecule has 0 heterocycles. The number of hydrogen-bond donors (Lipinski definition) is 0. The van der Waals surface area contributed by atoms with Crippen LogP contribution in [0, 0.1) is 18.8 Å². The molecule has 0 spiro atoms. The van der Waals surface area contributed by atoms with Gasteiger partial charge in [0.25, 0.3) is 0 Å². The van der Waals surface area contributed by atoms with Gasteiger partial charge >= 0.3 is 6.16 Å². The van der Waals surface area contributed by atoms with E-state index >= 15 is 0 Å². The van der Waals surface area contributed by atoms with Gasteiger partial charge in [-0.1, -0.05) is 72.0 Å². The van der Waals surface area contributed by atoms with Crippen LogP contribution in [0.5, 0.6) is 0 Å². The first-order valence-corrected chi connectivity index (χ1v) is 10.3. The Kier molecular flexibility index (Phi) is 8.46. The quantitative estimate of drug-likeness (QED) is 0.513. The van der Waals surface area contributed by atoms with Crippen LogP contribution in [0.25, 0.3) is 6.08 Å². The van der Waals surface area contributed by atoms with Crippen LogP contribution in [0.1, 0.15) is 11.1 Å². The van der Waals surface area contributed by atoms with Crippen LogP contribution < -0.4 is 0 Å². The summed E-state index contributed by atoms with van der Waals surface area (Å²) in [5, 5.41) is 0. The van der Waals surface area contributed by atoms with E-state index in [1.807, 2.05) is 43.3 Å². The van der Waals surface area contributed by atoms with Crippen LogP contribution in [0.4, 0.5) is 4.79 Å². The third kappa shape index (κ3) is 7.11. The molecule has 0 N–H and O–H groups in total. The Hall–Kier alpha value is -3.08. The lowest BCUT2D eigenvalue weighted by Crippen LogP contribution is -2.31. The van der Waals surface area contributed by atoms with Crippen molar-refractivity contribution in [1.29, 1.82) is 0 Å². The average Bonchev–Trinajstić information content (AvgIpc) is 2.73. The van der Waals surface area contributed by atoms with Crippen molar-refractivity contribution in [2.24, 2.45) is 0 Å². The van der Waals surface area contributed by atoms with Crippen LogP contribution in [-0.4, -0.2) is 45.7 Å². The zero-order valence-electron chi connectivity index (χ0n) is 16.4. The SMILES string of the molecule is COC(=O)OCC#CCN(C/C=C/c1ccccc1)S(=O)(=O)c1ccc(C)cc1. The molecule has 0 aliphatic rings.